The second-order valence-electron chi connectivity index (χ2n) is 5.59. The number of nitrogens with zero attached hydrogens (tertiary/aromatic N) is 3. The van der Waals surface area contributed by atoms with E-state index in [0.717, 1.165) is 29.3 Å². The van der Waals surface area contributed by atoms with Crippen LogP contribution in [0.2, 0.25) is 0 Å². The Morgan fingerprint density at radius 1 is 1.00 bits per heavy atom. The lowest BCUT2D eigenvalue weighted by molar-refractivity contribution is 1.07. The number of rotatable bonds is 6. The zero-order chi connectivity index (χ0) is 16.8. The Kier molecular flexibility index (Phi) is 5.01. The molecule has 0 saturated carbocycles. The Morgan fingerprint density at radius 2 is 1.79 bits per heavy atom. The summed E-state index contributed by atoms with van der Waals surface area (Å²) in [4.78, 5) is 12.6. The summed E-state index contributed by atoms with van der Waals surface area (Å²) in [5.41, 5.74) is 4.77. The second-order valence-corrected chi connectivity index (χ2v) is 5.59. The zero-order valence-electron chi connectivity index (χ0n) is 14.0. The SMILES string of the molecule is CCc1cccc(C)c1Nc1cc(NCc2ccncc2)ncn1. The third-order valence-corrected chi connectivity index (χ3v) is 3.88. The van der Waals surface area contributed by atoms with Gasteiger partial charge in [0.2, 0.25) is 0 Å². The summed E-state index contributed by atoms with van der Waals surface area (Å²) in [7, 11) is 0. The first-order chi connectivity index (χ1) is 11.8. The molecule has 0 saturated heterocycles. The average Bonchev–Trinajstić information content (AvgIpc) is 2.63. The van der Waals surface area contributed by atoms with Gasteiger partial charge in [0.15, 0.2) is 0 Å². The second kappa shape index (κ2) is 7.55. The average molecular weight is 319 g/mol. The van der Waals surface area contributed by atoms with E-state index in [1.807, 2.05) is 18.2 Å². The van der Waals surface area contributed by atoms with E-state index < -0.39 is 0 Å². The molecule has 1 aromatic carbocycles. The molecule has 0 atom stereocenters. The van der Waals surface area contributed by atoms with Gasteiger partial charge in [0, 0.05) is 30.7 Å². The van der Waals surface area contributed by atoms with Crippen LogP contribution in [0.25, 0.3) is 0 Å². The van der Waals surface area contributed by atoms with Crippen LogP contribution in [0.3, 0.4) is 0 Å². The fraction of sp³-hybridized carbons (Fsp3) is 0.211. The Labute approximate surface area is 142 Å². The van der Waals surface area contributed by atoms with Crippen LogP contribution in [0.4, 0.5) is 17.3 Å². The third kappa shape index (κ3) is 3.87. The highest BCUT2D eigenvalue weighted by Crippen LogP contribution is 2.25. The number of hydrogen-bond acceptors (Lipinski definition) is 5. The molecule has 2 heterocycles. The van der Waals surface area contributed by atoms with Crippen LogP contribution in [0.15, 0.2) is 55.1 Å². The number of hydrogen-bond donors (Lipinski definition) is 2. The van der Waals surface area contributed by atoms with Crippen molar-refractivity contribution in [1.29, 1.82) is 0 Å². The van der Waals surface area contributed by atoms with Gasteiger partial charge in [-0.15, -0.1) is 0 Å². The molecule has 122 valence electrons. The minimum absolute atomic E-state index is 0.698. The molecule has 0 spiro atoms. The van der Waals surface area contributed by atoms with E-state index in [-0.39, 0.29) is 0 Å². The molecule has 0 aliphatic heterocycles. The Morgan fingerprint density at radius 3 is 2.58 bits per heavy atom. The van der Waals surface area contributed by atoms with Gasteiger partial charge in [-0.2, -0.15) is 0 Å². The smallest absolute Gasteiger partial charge is 0.135 e. The molecule has 2 N–H and O–H groups in total. The first-order valence-corrected chi connectivity index (χ1v) is 8.06. The maximum Gasteiger partial charge on any atom is 0.135 e. The maximum atomic E-state index is 4.33. The van der Waals surface area contributed by atoms with Gasteiger partial charge in [0.25, 0.3) is 0 Å². The number of aromatic nitrogens is 3. The van der Waals surface area contributed by atoms with Gasteiger partial charge in [-0.3, -0.25) is 4.98 Å². The van der Waals surface area contributed by atoms with Gasteiger partial charge < -0.3 is 10.6 Å². The molecule has 5 nitrogen and oxygen atoms in total. The highest BCUT2D eigenvalue weighted by atomic mass is 15.1. The zero-order valence-corrected chi connectivity index (χ0v) is 14.0. The summed E-state index contributed by atoms with van der Waals surface area (Å²) in [6.07, 6.45) is 6.12. The molecule has 24 heavy (non-hydrogen) atoms. The van der Waals surface area contributed by atoms with Gasteiger partial charge in [0.05, 0.1) is 0 Å². The topological polar surface area (TPSA) is 62.7 Å². The predicted molar refractivity (Wildman–Crippen MR) is 97.4 cm³/mol. The van der Waals surface area contributed by atoms with Crippen molar-refractivity contribution in [3.05, 3.63) is 71.8 Å². The van der Waals surface area contributed by atoms with Gasteiger partial charge in [-0.05, 0) is 42.2 Å². The fourth-order valence-corrected chi connectivity index (χ4v) is 2.55. The predicted octanol–water partition coefficient (Wildman–Crippen LogP) is 4.10. The highest BCUT2D eigenvalue weighted by molar-refractivity contribution is 5.66. The van der Waals surface area contributed by atoms with Crippen molar-refractivity contribution in [1.82, 2.24) is 15.0 Å². The third-order valence-electron chi connectivity index (χ3n) is 3.88. The largest absolute Gasteiger partial charge is 0.366 e. The molecule has 3 aromatic rings. The highest BCUT2D eigenvalue weighted by Gasteiger charge is 2.06. The number of nitrogens with one attached hydrogen (secondary N) is 2. The summed E-state index contributed by atoms with van der Waals surface area (Å²) in [6.45, 7) is 4.95. The molecule has 0 radical (unpaired) electrons. The van der Waals surface area contributed by atoms with E-state index >= 15 is 0 Å². The van der Waals surface area contributed by atoms with Gasteiger partial charge in [-0.25, -0.2) is 9.97 Å². The van der Waals surface area contributed by atoms with Crippen LogP contribution in [0, 0.1) is 6.92 Å². The number of aryl methyl sites for hydroxylation is 2. The van der Waals surface area contributed by atoms with Crippen LogP contribution in [-0.4, -0.2) is 15.0 Å². The van der Waals surface area contributed by atoms with Crippen molar-refractivity contribution in [3.8, 4) is 0 Å². The minimum atomic E-state index is 0.698. The number of anilines is 3. The van der Waals surface area contributed by atoms with E-state index in [4.69, 9.17) is 0 Å². The number of para-hydroxylation sites is 1. The van der Waals surface area contributed by atoms with E-state index in [1.54, 1.807) is 18.7 Å². The maximum absolute atomic E-state index is 4.33. The lowest BCUT2D eigenvalue weighted by Crippen LogP contribution is -2.04. The number of benzene rings is 1. The molecule has 5 heteroatoms. The van der Waals surface area contributed by atoms with Crippen LogP contribution in [0.1, 0.15) is 23.6 Å². The van der Waals surface area contributed by atoms with Crippen LogP contribution < -0.4 is 10.6 Å². The quantitative estimate of drug-likeness (QED) is 0.716. The summed E-state index contributed by atoms with van der Waals surface area (Å²) in [5, 5.41) is 6.74. The number of pyridine rings is 1. The summed E-state index contributed by atoms with van der Waals surface area (Å²) < 4.78 is 0. The van der Waals surface area contributed by atoms with E-state index in [1.165, 1.54) is 11.1 Å². The van der Waals surface area contributed by atoms with Gasteiger partial charge in [0.1, 0.15) is 18.0 Å². The molecule has 3 rings (SSSR count). The first-order valence-electron chi connectivity index (χ1n) is 8.06. The van der Waals surface area contributed by atoms with Crippen LogP contribution in [-0.2, 0) is 13.0 Å². The lowest BCUT2D eigenvalue weighted by atomic mass is 10.1. The van der Waals surface area contributed by atoms with E-state index in [2.05, 4.69) is 57.6 Å². The van der Waals surface area contributed by atoms with Crippen molar-refractivity contribution in [2.24, 2.45) is 0 Å². The summed E-state index contributed by atoms with van der Waals surface area (Å²) >= 11 is 0. The van der Waals surface area contributed by atoms with Crippen molar-refractivity contribution >= 4 is 17.3 Å². The Balaban J connectivity index is 1.74. The molecule has 0 aliphatic carbocycles. The summed E-state index contributed by atoms with van der Waals surface area (Å²) in [6, 6.07) is 12.2. The molecule has 0 unspecified atom stereocenters. The molecule has 0 bridgehead atoms. The molecule has 0 aliphatic rings. The monoisotopic (exact) mass is 319 g/mol. The normalized spacial score (nSPS) is 10.4. The fourth-order valence-electron chi connectivity index (χ4n) is 2.55. The van der Waals surface area contributed by atoms with Gasteiger partial charge >= 0.3 is 0 Å². The summed E-state index contributed by atoms with van der Waals surface area (Å²) in [5.74, 6) is 1.57. The molecule has 2 aromatic heterocycles. The van der Waals surface area contributed by atoms with Crippen LogP contribution in [0.5, 0.6) is 0 Å². The molecule has 0 fully saturated rings. The van der Waals surface area contributed by atoms with Crippen molar-refractivity contribution in [2.75, 3.05) is 10.6 Å². The molecular formula is C19H21N5. The standard InChI is InChI=1S/C19H21N5/c1-3-16-6-4-5-14(2)19(16)24-18-11-17(22-13-23-18)21-12-15-7-9-20-10-8-15/h4-11,13H,3,12H2,1-2H3,(H2,21,22,23,24). The minimum Gasteiger partial charge on any atom is -0.366 e. The first kappa shape index (κ1) is 15.9. The molecule has 0 amide bonds. The van der Waals surface area contributed by atoms with E-state index in [9.17, 15) is 0 Å². The van der Waals surface area contributed by atoms with Gasteiger partial charge in [-0.1, -0.05) is 25.1 Å². The van der Waals surface area contributed by atoms with Crippen molar-refractivity contribution in [3.63, 3.8) is 0 Å². The van der Waals surface area contributed by atoms with Crippen molar-refractivity contribution in [2.45, 2.75) is 26.8 Å². The molecular weight excluding hydrogens is 298 g/mol. The lowest BCUT2D eigenvalue weighted by Gasteiger charge is -2.14. The Bertz CT molecular complexity index is 802. The van der Waals surface area contributed by atoms with E-state index in [0.29, 0.717) is 6.54 Å². The van der Waals surface area contributed by atoms with Crippen LogP contribution >= 0.6 is 0 Å². The van der Waals surface area contributed by atoms with Crippen molar-refractivity contribution < 1.29 is 0 Å². The Hall–Kier alpha value is -2.95.